The molecule has 0 aliphatic heterocycles. The number of hydrogen-bond donors (Lipinski definition) is 2. The zero-order valence-electron chi connectivity index (χ0n) is 27.8. The van der Waals surface area contributed by atoms with Gasteiger partial charge in [0.05, 0.1) is 25.9 Å². The summed E-state index contributed by atoms with van der Waals surface area (Å²) < 4.78 is 21.2. The molecule has 12 nitrogen and oxygen atoms in total. The van der Waals surface area contributed by atoms with E-state index in [1.165, 1.54) is 0 Å². The van der Waals surface area contributed by atoms with Gasteiger partial charge in [-0.25, -0.2) is 9.59 Å². The molecule has 252 valence electrons. The van der Waals surface area contributed by atoms with Crippen molar-refractivity contribution in [1.29, 1.82) is 0 Å². The zero-order chi connectivity index (χ0) is 32.3. The number of nitrogens with zero attached hydrogens (tertiary/aromatic N) is 2. The van der Waals surface area contributed by atoms with Crippen LogP contribution in [0.15, 0.2) is 0 Å². The Labute approximate surface area is 259 Å². The van der Waals surface area contributed by atoms with Crippen molar-refractivity contribution in [2.24, 2.45) is 0 Å². The van der Waals surface area contributed by atoms with Crippen LogP contribution in [0.3, 0.4) is 0 Å². The number of carbonyl (C=O) groups is 4. The molecule has 12 heteroatoms. The SMILES string of the molecule is CCCC(CC)OC(=O)NCCOC(=O)CCN(CCCN(CC)CC)CCC(=O)OCCNC(=O)OC(CC)CCC. The van der Waals surface area contributed by atoms with Gasteiger partial charge < -0.3 is 39.4 Å². The number of ether oxygens (including phenoxy) is 4. The minimum absolute atomic E-state index is 0.0616. The third-order valence-corrected chi connectivity index (χ3v) is 7.06. The lowest BCUT2D eigenvalue weighted by atomic mass is 10.2. The topological polar surface area (TPSA) is 136 Å². The minimum atomic E-state index is -0.504. The molecule has 0 bridgehead atoms. The number of amides is 2. The van der Waals surface area contributed by atoms with Crippen LogP contribution in [0.1, 0.15) is 99.3 Å². The molecule has 2 N–H and O–H groups in total. The Morgan fingerprint density at radius 1 is 0.605 bits per heavy atom. The van der Waals surface area contributed by atoms with Crippen molar-refractivity contribution in [2.75, 3.05) is 65.6 Å². The van der Waals surface area contributed by atoms with Crippen molar-refractivity contribution in [3.05, 3.63) is 0 Å². The third kappa shape index (κ3) is 22.6. The van der Waals surface area contributed by atoms with E-state index in [9.17, 15) is 19.2 Å². The van der Waals surface area contributed by atoms with Crippen LogP contribution < -0.4 is 10.6 Å². The highest BCUT2D eigenvalue weighted by Crippen LogP contribution is 2.07. The first-order chi connectivity index (χ1) is 20.7. The number of alkyl carbamates (subject to hydrolysis) is 2. The molecule has 0 aromatic rings. The first kappa shape index (κ1) is 40.4. The van der Waals surface area contributed by atoms with Gasteiger partial charge in [0.1, 0.15) is 25.4 Å². The summed E-state index contributed by atoms with van der Waals surface area (Å²) in [6.45, 7) is 17.2. The zero-order valence-corrected chi connectivity index (χ0v) is 27.8. The van der Waals surface area contributed by atoms with Gasteiger partial charge in [0.2, 0.25) is 0 Å². The van der Waals surface area contributed by atoms with E-state index in [4.69, 9.17) is 18.9 Å². The number of esters is 2. The molecular formula is C31H60N4O8. The molecule has 0 aliphatic rings. The summed E-state index contributed by atoms with van der Waals surface area (Å²) in [7, 11) is 0. The van der Waals surface area contributed by atoms with Gasteiger partial charge in [0.15, 0.2) is 0 Å². The molecule has 0 radical (unpaired) electrons. The summed E-state index contributed by atoms with van der Waals surface area (Å²) in [5.41, 5.74) is 0. The standard InChI is InChI=1S/C31H60N4O8/c1-7-14-26(9-3)42-30(38)32-18-24-40-28(36)16-22-35(21-13-20-34(11-5)12-6)23-17-29(37)41-25-19-33-31(39)43-27(10-4)15-8-2/h26-27H,7-25H2,1-6H3,(H,32,38)(H,33,39). The third-order valence-electron chi connectivity index (χ3n) is 7.06. The number of carbonyl (C=O) groups excluding carboxylic acids is 4. The van der Waals surface area contributed by atoms with E-state index < -0.39 is 12.2 Å². The number of rotatable bonds is 26. The van der Waals surface area contributed by atoms with Crippen LogP contribution in [0.2, 0.25) is 0 Å². The predicted octanol–water partition coefficient (Wildman–Crippen LogP) is 4.50. The Kier molecular flexibility index (Phi) is 25.4. The maximum atomic E-state index is 12.3. The molecule has 43 heavy (non-hydrogen) atoms. The lowest BCUT2D eigenvalue weighted by Gasteiger charge is -2.24. The lowest BCUT2D eigenvalue weighted by molar-refractivity contribution is -0.144. The summed E-state index contributed by atoms with van der Waals surface area (Å²) in [6, 6.07) is 0. The van der Waals surface area contributed by atoms with Gasteiger partial charge in [0, 0.05) is 13.1 Å². The molecule has 0 aromatic carbocycles. The van der Waals surface area contributed by atoms with Gasteiger partial charge in [-0.15, -0.1) is 0 Å². The molecule has 0 saturated heterocycles. The van der Waals surface area contributed by atoms with E-state index in [1.54, 1.807) is 0 Å². The summed E-state index contributed by atoms with van der Waals surface area (Å²) >= 11 is 0. The van der Waals surface area contributed by atoms with Crippen LogP contribution in [-0.2, 0) is 28.5 Å². The molecule has 2 amide bonds. The largest absolute Gasteiger partial charge is 0.464 e. The second-order valence-corrected chi connectivity index (χ2v) is 10.5. The molecule has 0 spiro atoms. The van der Waals surface area contributed by atoms with Crippen LogP contribution in [-0.4, -0.2) is 112 Å². The average molecular weight is 617 g/mol. The van der Waals surface area contributed by atoms with Gasteiger partial charge >= 0.3 is 24.1 Å². The Morgan fingerprint density at radius 3 is 1.40 bits per heavy atom. The highest BCUT2D eigenvalue weighted by Gasteiger charge is 2.15. The highest BCUT2D eigenvalue weighted by molar-refractivity contribution is 5.70. The van der Waals surface area contributed by atoms with Crippen molar-refractivity contribution < 1.29 is 38.1 Å². The van der Waals surface area contributed by atoms with Gasteiger partial charge in [-0.1, -0.05) is 54.4 Å². The second kappa shape index (κ2) is 27.0. The van der Waals surface area contributed by atoms with Crippen LogP contribution in [0.5, 0.6) is 0 Å². The maximum Gasteiger partial charge on any atom is 0.407 e. The fourth-order valence-corrected chi connectivity index (χ4v) is 4.40. The molecule has 0 aliphatic carbocycles. The fraction of sp³-hybridized carbons (Fsp3) is 0.871. The maximum absolute atomic E-state index is 12.3. The van der Waals surface area contributed by atoms with Gasteiger partial charge in [-0.05, 0) is 58.3 Å². The lowest BCUT2D eigenvalue weighted by Crippen LogP contribution is -2.34. The van der Waals surface area contributed by atoms with Crippen molar-refractivity contribution in [1.82, 2.24) is 20.4 Å². The molecular weight excluding hydrogens is 556 g/mol. The van der Waals surface area contributed by atoms with Crippen molar-refractivity contribution >= 4 is 24.1 Å². The molecule has 0 aromatic heterocycles. The summed E-state index contributed by atoms with van der Waals surface area (Å²) in [5.74, 6) is -0.739. The average Bonchev–Trinajstić information content (AvgIpc) is 3.00. The predicted molar refractivity (Wildman–Crippen MR) is 167 cm³/mol. The van der Waals surface area contributed by atoms with Crippen molar-refractivity contribution in [3.63, 3.8) is 0 Å². The van der Waals surface area contributed by atoms with E-state index in [0.29, 0.717) is 13.1 Å². The number of hydrogen-bond acceptors (Lipinski definition) is 10. The van der Waals surface area contributed by atoms with E-state index in [-0.39, 0.29) is 63.3 Å². The molecule has 0 fully saturated rings. The van der Waals surface area contributed by atoms with Crippen LogP contribution in [0.4, 0.5) is 9.59 Å². The second-order valence-electron chi connectivity index (χ2n) is 10.5. The van der Waals surface area contributed by atoms with Crippen molar-refractivity contribution in [3.8, 4) is 0 Å². The Morgan fingerprint density at radius 2 is 1.02 bits per heavy atom. The molecule has 0 saturated carbocycles. The monoisotopic (exact) mass is 616 g/mol. The molecule has 2 atom stereocenters. The first-order valence-electron chi connectivity index (χ1n) is 16.4. The van der Waals surface area contributed by atoms with Crippen LogP contribution in [0.25, 0.3) is 0 Å². The normalized spacial score (nSPS) is 12.5. The summed E-state index contributed by atoms with van der Waals surface area (Å²) in [5, 5.41) is 5.23. The van der Waals surface area contributed by atoms with E-state index in [2.05, 4.69) is 34.3 Å². The Bertz CT molecular complexity index is 699. The summed E-state index contributed by atoms with van der Waals surface area (Å²) in [4.78, 5) is 52.9. The van der Waals surface area contributed by atoms with Gasteiger partial charge in [-0.2, -0.15) is 0 Å². The van der Waals surface area contributed by atoms with Crippen LogP contribution >= 0.6 is 0 Å². The quantitative estimate of drug-likeness (QED) is 0.0812. The Balaban J connectivity index is 4.49. The van der Waals surface area contributed by atoms with E-state index >= 15 is 0 Å². The smallest absolute Gasteiger partial charge is 0.407 e. The highest BCUT2D eigenvalue weighted by atomic mass is 16.6. The fourth-order valence-electron chi connectivity index (χ4n) is 4.40. The molecule has 0 rings (SSSR count). The van der Waals surface area contributed by atoms with Crippen molar-refractivity contribution in [2.45, 2.75) is 112 Å². The summed E-state index contributed by atoms with van der Waals surface area (Å²) in [6.07, 6.45) is 5.02. The number of nitrogens with one attached hydrogen (secondary N) is 2. The van der Waals surface area contributed by atoms with E-state index in [0.717, 1.165) is 71.1 Å². The van der Waals surface area contributed by atoms with Gasteiger partial charge in [0.25, 0.3) is 0 Å². The van der Waals surface area contributed by atoms with E-state index in [1.807, 2.05) is 27.7 Å². The molecule has 0 heterocycles. The molecule has 2 unspecified atom stereocenters. The Hall–Kier alpha value is -2.60. The van der Waals surface area contributed by atoms with Gasteiger partial charge in [-0.3, -0.25) is 9.59 Å². The minimum Gasteiger partial charge on any atom is -0.464 e. The first-order valence-corrected chi connectivity index (χ1v) is 16.4. The van der Waals surface area contributed by atoms with Crippen LogP contribution in [0, 0.1) is 0 Å².